The van der Waals surface area contributed by atoms with Crippen molar-refractivity contribution < 1.29 is 9.18 Å². The molecule has 126 valence electrons. The molecular formula is C18H21FN4O. The average Bonchev–Trinajstić information content (AvgIpc) is 3.19. The zero-order chi connectivity index (χ0) is 16.7. The summed E-state index contributed by atoms with van der Waals surface area (Å²) in [6, 6.07) is 6.51. The summed E-state index contributed by atoms with van der Waals surface area (Å²) in [5.74, 6) is 1.41. The van der Waals surface area contributed by atoms with Gasteiger partial charge in [0.15, 0.2) is 0 Å². The molecule has 2 aliphatic heterocycles. The molecule has 0 radical (unpaired) electrons. The van der Waals surface area contributed by atoms with Crippen LogP contribution >= 0.6 is 0 Å². The van der Waals surface area contributed by atoms with Crippen LogP contribution in [0.5, 0.6) is 0 Å². The largest absolute Gasteiger partial charge is 0.338 e. The summed E-state index contributed by atoms with van der Waals surface area (Å²) < 4.78 is 15.3. The molecule has 0 unspecified atom stereocenters. The summed E-state index contributed by atoms with van der Waals surface area (Å²) in [6.45, 7) is 3.76. The lowest BCUT2D eigenvalue weighted by molar-refractivity contribution is -0.131. The van der Waals surface area contributed by atoms with Crippen molar-refractivity contribution in [2.75, 3.05) is 19.6 Å². The molecule has 0 N–H and O–H groups in total. The molecule has 24 heavy (non-hydrogen) atoms. The first-order valence-electron chi connectivity index (χ1n) is 8.32. The number of hydrogen-bond acceptors (Lipinski definition) is 3. The fraction of sp³-hybridized carbons (Fsp3) is 0.444. The minimum atomic E-state index is -0.249. The summed E-state index contributed by atoms with van der Waals surface area (Å²) in [5.41, 5.74) is 0.855. The SMILES string of the molecule is Cn1ccnc1CN1C[C@H]2CN(Cc3cccc(F)c3)C(=O)[C@@H]2C1. The lowest BCUT2D eigenvalue weighted by Crippen LogP contribution is -2.32. The first kappa shape index (κ1) is 15.3. The third kappa shape index (κ3) is 2.82. The number of nitrogens with zero attached hydrogens (tertiary/aromatic N) is 4. The number of fused-ring (bicyclic) bond motifs is 1. The summed E-state index contributed by atoms with van der Waals surface area (Å²) in [6.07, 6.45) is 3.75. The maximum atomic E-state index is 13.3. The molecule has 3 heterocycles. The van der Waals surface area contributed by atoms with Crippen LogP contribution in [0.15, 0.2) is 36.7 Å². The Bertz CT molecular complexity index is 759. The number of halogens is 1. The quantitative estimate of drug-likeness (QED) is 0.857. The molecule has 4 rings (SSSR count). The number of aromatic nitrogens is 2. The number of rotatable bonds is 4. The van der Waals surface area contributed by atoms with Gasteiger partial charge in [-0.15, -0.1) is 0 Å². The van der Waals surface area contributed by atoms with E-state index in [1.54, 1.807) is 12.3 Å². The lowest BCUT2D eigenvalue weighted by Gasteiger charge is -2.21. The van der Waals surface area contributed by atoms with Gasteiger partial charge in [0.05, 0.1) is 12.5 Å². The van der Waals surface area contributed by atoms with E-state index >= 15 is 0 Å². The predicted octanol–water partition coefficient (Wildman–Crippen LogP) is 1.65. The van der Waals surface area contributed by atoms with Crippen LogP contribution in [-0.2, 0) is 24.9 Å². The Kier molecular flexibility index (Phi) is 3.84. The van der Waals surface area contributed by atoms with E-state index in [0.29, 0.717) is 12.5 Å². The van der Waals surface area contributed by atoms with Gasteiger partial charge < -0.3 is 9.47 Å². The van der Waals surface area contributed by atoms with Crippen LogP contribution in [-0.4, -0.2) is 44.9 Å². The van der Waals surface area contributed by atoms with Crippen molar-refractivity contribution in [3.8, 4) is 0 Å². The third-order valence-corrected chi connectivity index (χ3v) is 5.15. The van der Waals surface area contributed by atoms with Crippen LogP contribution in [0.3, 0.4) is 0 Å². The Morgan fingerprint density at radius 1 is 1.25 bits per heavy atom. The van der Waals surface area contributed by atoms with Gasteiger partial charge >= 0.3 is 0 Å². The molecule has 2 atom stereocenters. The fourth-order valence-electron chi connectivity index (χ4n) is 3.91. The molecule has 2 aromatic rings. The van der Waals surface area contributed by atoms with Gasteiger partial charge in [0, 0.05) is 51.5 Å². The maximum Gasteiger partial charge on any atom is 0.227 e. The van der Waals surface area contributed by atoms with Gasteiger partial charge in [-0.3, -0.25) is 9.69 Å². The van der Waals surface area contributed by atoms with E-state index in [9.17, 15) is 9.18 Å². The Labute approximate surface area is 140 Å². The first-order valence-corrected chi connectivity index (χ1v) is 8.32. The van der Waals surface area contributed by atoms with Crippen molar-refractivity contribution >= 4 is 5.91 Å². The molecule has 0 saturated carbocycles. The monoisotopic (exact) mass is 328 g/mol. The van der Waals surface area contributed by atoms with Crippen molar-refractivity contribution in [3.05, 3.63) is 53.9 Å². The molecule has 1 aromatic heterocycles. The van der Waals surface area contributed by atoms with Gasteiger partial charge in [-0.05, 0) is 17.7 Å². The first-order chi connectivity index (χ1) is 11.6. The molecule has 2 aliphatic rings. The fourth-order valence-corrected chi connectivity index (χ4v) is 3.91. The number of imidazole rings is 1. The van der Waals surface area contributed by atoms with Crippen molar-refractivity contribution in [2.24, 2.45) is 18.9 Å². The van der Waals surface area contributed by atoms with Crippen LogP contribution in [0, 0.1) is 17.7 Å². The highest BCUT2D eigenvalue weighted by atomic mass is 19.1. The van der Waals surface area contributed by atoms with E-state index in [0.717, 1.165) is 37.6 Å². The lowest BCUT2D eigenvalue weighted by atomic mass is 10.0. The number of carbonyl (C=O) groups is 1. The van der Waals surface area contributed by atoms with E-state index in [1.165, 1.54) is 12.1 Å². The van der Waals surface area contributed by atoms with E-state index in [4.69, 9.17) is 0 Å². The highest BCUT2D eigenvalue weighted by Gasteiger charge is 2.46. The number of carbonyl (C=O) groups excluding carboxylic acids is 1. The molecule has 0 bridgehead atoms. The molecule has 5 nitrogen and oxygen atoms in total. The van der Waals surface area contributed by atoms with Gasteiger partial charge in [0.1, 0.15) is 11.6 Å². The number of amides is 1. The van der Waals surface area contributed by atoms with Gasteiger partial charge in [0.25, 0.3) is 0 Å². The Morgan fingerprint density at radius 3 is 2.83 bits per heavy atom. The zero-order valence-electron chi connectivity index (χ0n) is 13.7. The Morgan fingerprint density at radius 2 is 2.12 bits per heavy atom. The maximum absolute atomic E-state index is 13.3. The molecular weight excluding hydrogens is 307 g/mol. The molecule has 1 amide bonds. The molecule has 0 aliphatic carbocycles. The minimum absolute atomic E-state index is 0.0684. The normalized spacial score (nSPS) is 23.9. The third-order valence-electron chi connectivity index (χ3n) is 5.15. The topological polar surface area (TPSA) is 41.4 Å². The number of hydrogen-bond donors (Lipinski definition) is 0. The Hall–Kier alpha value is -2.21. The predicted molar refractivity (Wildman–Crippen MR) is 87.3 cm³/mol. The van der Waals surface area contributed by atoms with Crippen molar-refractivity contribution in [1.82, 2.24) is 19.4 Å². The summed E-state index contributed by atoms with van der Waals surface area (Å²) in [4.78, 5) is 21.2. The summed E-state index contributed by atoms with van der Waals surface area (Å²) >= 11 is 0. The van der Waals surface area contributed by atoms with Gasteiger partial charge in [0.2, 0.25) is 5.91 Å². The second-order valence-corrected chi connectivity index (χ2v) is 6.86. The van der Waals surface area contributed by atoms with Crippen LogP contribution in [0.4, 0.5) is 4.39 Å². The molecule has 2 saturated heterocycles. The smallest absolute Gasteiger partial charge is 0.227 e. The van der Waals surface area contributed by atoms with Crippen LogP contribution in [0.2, 0.25) is 0 Å². The van der Waals surface area contributed by atoms with Gasteiger partial charge in [-0.2, -0.15) is 0 Å². The highest BCUT2D eigenvalue weighted by Crippen LogP contribution is 2.33. The van der Waals surface area contributed by atoms with Crippen LogP contribution in [0.25, 0.3) is 0 Å². The highest BCUT2D eigenvalue weighted by molar-refractivity contribution is 5.82. The van der Waals surface area contributed by atoms with Gasteiger partial charge in [-0.1, -0.05) is 12.1 Å². The average molecular weight is 328 g/mol. The standard InChI is InChI=1S/C18H21FN4O/c1-21-6-5-20-17(21)12-22-9-14-10-23(18(24)16(14)11-22)8-13-3-2-4-15(19)7-13/h2-7,14,16H,8-12H2,1H3/t14-,16+/m0/s1. The summed E-state index contributed by atoms with van der Waals surface area (Å²) in [5, 5.41) is 0. The second kappa shape index (κ2) is 6.02. The molecule has 2 fully saturated rings. The van der Waals surface area contributed by atoms with E-state index in [1.807, 2.05) is 28.8 Å². The van der Waals surface area contributed by atoms with Crippen LogP contribution < -0.4 is 0 Å². The van der Waals surface area contributed by atoms with E-state index < -0.39 is 0 Å². The van der Waals surface area contributed by atoms with E-state index in [-0.39, 0.29) is 17.6 Å². The number of likely N-dealkylation sites (tertiary alicyclic amines) is 2. The van der Waals surface area contributed by atoms with Crippen molar-refractivity contribution in [2.45, 2.75) is 13.1 Å². The molecule has 0 spiro atoms. The second-order valence-electron chi connectivity index (χ2n) is 6.86. The summed E-state index contributed by atoms with van der Waals surface area (Å²) in [7, 11) is 1.99. The molecule has 1 aromatic carbocycles. The number of aryl methyl sites for hydroxylation is 1. The Balaban J connectivity index is 1.39. The number of benzene rings is 1. The van der Waals surface area contributed by atoms with E-state index in [2.05, 4.69) is 9.88 Å². The van der Waals surface area contributed by atoms with Crippen molar-refractivity contribution in [3.63, 3.8) is 0 Å². The zero-order valence-corrected chi connectivity index (χ0v) is 13.7. The van der Waals surface area contributed by atoms with Gasteiger partial charge in [-0.25, -0.2) is 9.37 Å². The minimum Gasteiger partial charge on any atom is -0.338 e. The van der Waals surface area contributed by atoms with Crippen LogP contribution in [0.1, 0.15) is 11.4 Å². The van der Waals surface area contributed by atoms with Crippen molar-refractivity contribution in [1.29, 1.82) is 0 Å². The molecule has 6 heteroatoms.